The van der Waals surface area contributed by atoms with Crippen LogP contribution in [0.4, 0.5) is 0 Å². The first-order valence-electron chi connectivity index (χ1n) is 8.16. The summed E-state index contributed by atoms with van der Waals surface area (Å²) in [6, 6.07) is 2.30. The second-order valence-corrected chi connectivity index (χ2v) is 6.64. The van der Waals surface area contributed by atoms with Gasteiger partial charge in [-0.25, -0.2) is 0 Å². The van der Waals surface area contributed by atoms with Gasteiger partial charge in [0.2, 0.25) is 0 Å². The molecule has 4 atom stereocenters. The number of nitrogens with one attached hydrogen (secondary N) is 1. The fourth-order valence-corrected chi connectivity index (χ4v) is 3.52. The lowest BCUT2D eigenvalue weighted by molar-refractivity contribution is 0.0484. The van der Waals surface area contributed by atoms with E-state index in [0.717, 1.165) is 30.0 Å². The van der Waals surface area contributed by atoms with Crippen LogP contribution in [-0.2, 0) is 0 Å². The molecular formula is C16H32N2. The van der Waals surface area contributed by atoms with Gasteiger partial charge in [0.1, 0.15) is 0 Å². The summed E-state index contributed by atoms with van der Waals surface area (Å²) in [5, 5.41) is 3.83. The van der Waals surface area contributed by atoms with Gasteiger partial charge in [-0.15, -0.1) is 0 Å². The Kier molecular flexibility index (Phi) is 5.08. The molecule has 2 fully saturated rings. The molecule has 1 aliphatic heterocycles. The number of piperazine rings is 1. The molecule has 2 aliphatic rings. The fourth-order valence-electron chi connectivity index (χ4n) is 3.52. The molecule has 0 aromatic rings. The molecule has 2 heteroatoms. The van der Waals surface area contributed by atoms with Gasteiger partial charge in [-0.05, 0) is 38.0 Å². The molecule has 0 amide bonds. The second-order valence-electron chi connectivity index (χ2n) is 6.64. The van der Waals surface area contributed by atoms with Crippen molar-refractivity contribution in [1.82, 2.24) is 10.2 Å². The lowest BCUT2D eigenvalue weighted by atomic mass is 9.91. The normalized spacial score (nSPS) is 33.3. The molecule has 1 saturated carbocycles. The summed E-state index contributed by atoms with van der Waals surface area (Å²) in [6.07, 6.45) is 6.88. The van der Waals surface area contributed by atoms with Gasteiger partial charge in [-0.1, -0.05) is 33.6 Å². The molecule has 2 nitrogen and oxygen atoms in total. The predicted molar refractivity (Wildman–Crippen MR) is 78.8 cm³/mol. The van der Waals surface area contributed by atoms with E-state index < -0.39 is 0 Å². The maximum absolute atomic E-state index is 3.83. The van der Waals surface area contributed by atoms with Crippen LogP contribution in [0.5, 0.6) is 0 Å². The van der Waals surface area contributed by atoms with E-state index in [4.69, 9.17) is 0 Å². The van der Waals surface area contributed by atoms with Gasteiger partial charge in [-0.3, -0.25) is 4.90 Å². The van der Waals surface area contributed by atoms with Crippen LogP contribution < -0.4 is 5.32 Å². The quantitative estimate of drug-likeness (QED) is 0.780. The number of hydrogen-bond donors (Lipinski definition) is 1. The highest BCUT2D eigenvalue weighted by Crippen LogP contribution is 2.35. The molecule has 0 bridgehead atoms. The third-order valence-electron chi connectivity index (χ3n) is 5.19. The second kappa shape index (κ2) is 6.38. The largest absolute Gasteiger partial charge is 0.311 e. The Morgan fingerprint density at radius 2 is 1.94 bits per heavy atom. The Balaban J connectivity index is 1.99. The first-order valence-corrected chi connectivity index (χ1v) is 8.16. The van der Waals surface area contributed by atoms with Crippen LogP contribution in [0.2, 0.25) is 0 Å². The summed E-state index contributed by atoms with van der Waals surface area (Å²) >= 11 is 0. The van der Waals surface area contributed by atoms with Gasteiger partial charge < -0.3 is 5.32 Å². The molecule has 2 rings (SSSR count). The number of rotatable bonds is 6. The van der Waals surface area contributed by atoms with Gasteiger partial charge in [0, 0.05) is 31.2 Å². The van der Waals surface area contributed by atoms with E-state index in [1.165, 1.54) is 45.2 Å². The first kappa shape index (κ1) is 14.3. The highest BCUT2D eigenvalue weighted by molar-refractivity contribution is 4.96. The number of hydrogen-bond acceptors (Lipinski definition) is 2. The standard InChI is InChI=1S/C16H32N2/c1-5-7-13(4)18-11-15(14-8-9-14)17-10-16(18)12(3)6-2/h12-17H,5-11H2,1-4H3. The fraction of sp³-hybridized carbons (Fsp3) is 1.00. The molecule has 106 valence electrons. The summed E-state index contributed by atoms with van der Waals surface area (Å²) in [4.78, 5) is 2.83. The van der Waals surface area contributed by atoms with E-state index in [1.54, 1.807) is 0 Å². The Morgan fingerprint density at radius 3 is 2.50 bits per heavy atom. The van der Waals surface area contributed by atoms with Gasteiger partial charge in [-0.2, -0.15) is 0 Å². The van der Waals surface area contributed by atoms with E-state index in [0.29, 0.717) is 0 Å². The van der Waals surface area contributed by atoms with Crippen LogP contribution in [0.1, 0.15) is 59.8 Å². The Hall–Kier alpha value is -0.0800. The van der Waals surface area contributed by atoms with Crippen molar-refractivity contribution >= 4 is 0 Å². The maximum atomic E-state index is 3.83. The monoisotopic (exact) mass is 252 g/mol. The van der Waals surface area contributed by atoms with Crippen molar-refractivity contribution < 1.29 is 0 Å². The topological polar surface area (TPSA) is 15.3 Å². The van der Waals surface area contributed by atoms with Crippen molar-refractivity contribution in [3.8, 4) is 0 Å². The summed E-state index contributed by atoms with van der Waals surface area (Å²) in [6.45, 7) is 12.0. The van der Waals surface area contributed by atoms with Gasteiger partial charge in [0.05, 0.1) is 0 Å². The molecule has 0 aromatic carbocycles. The van der Waals surface area contributed by atoms with Crippen LogP contribution in [0.3, 0.4) is 0 Å². The maximum Gasteiger partial charge on any atom is 0.0249 e. The van der Waals surface area contributed by atoms with Crippen molar-refractivity contribution in [2.75, 3.05) is 13.1 Å². The minimum absolute atomic E-state index is 0.756. The average molecular weight is 252 g/mol. The van der Waals surface area contributed by atoms with Crippen molar-refractivity contribution in [3.05, 3.63) is 0 Å². The van der Waals surface area contributed by atoms with Gasteiger partial charge in [0.15, 0.2) is 0 Å². The zero-order valence-corrected chi connectivity index (χ0v) is 12.8. The van der Waals surface area contributed by atoms with E-state index in [-0.39, 0.29) is 0 Å². The summed E-state index contributed by atoms with van der Waals surface area (Å²) in [5.74, 6) is 1.80. The van der Waals surface area contributed by atoms with Gasteiger partial charge >= 0.3 is 0 Å². The third kappa shape index (κ3) is 3.27. The van der Waals surface area contributed by atoms with Crippen LogP contribution in [0, 0.1) is 11.8 Å². The Morgan fingerprint density at radius 1 is 1.22 bits per heavy atom. The summed E-state index contributed by atoms with van der Waals surface area (Å²) < 4.78 is 0. The van der Waals surface area contributed by atoms with E-state index in [1.807, 2.05) is 0 Å². The Labute approximate surface area is 114 Å². The molecule has 18 heavy (non-hydrogen) atoms. The number of nitrogens with zero attached hydrogens (tertiary/aromatic N) is 1. The lowest BCUT2D eigenvalue weighted by Crippen LogP contribution is -2.61. The summed E-state index contributed by atoms with van der Waals surface area (Å²) in [5.41, 5.74) is 0. The molecule has 0 spiro atoms. The molecule has 4 unspecified atom stereocenters. The zero-order valence-electron chi connectivity index (χ0n) is 12.8. The molecule has 1 aliphatic carbocycles. The van der Waals surface area contributed by atoms with Crippen LogP contribution in [-0.4, -0.2) is 36.1 Å². The highest BCUT2D eigenvalue weighted by Gasteiger charge is 2.39. The van der Waals surface area contributed by atoms with Crippen molar-refractivity contribution in [2.45, 2.75) is 77.9 Å². The third-order valence-corrected chi connectivity index (χ3v) is 5.19. The minimum atomic E-state index is 0.756. The first-order chi connectivity index (χ1) is 8.67. The minimum Gasteiger partial charge on any atom is -0.311 e. The predicted octanol–water partition coefficient (Wildman–Crippen LogP) is 3.27. The van der Waals surface area contributed by atoms with Crippen LogP contribution in [0.15, 0.2) is 0 Å². The van der Waals surface area contributed by atoms with Crippen molar-refractivity contribution in [1.29, 1.82) is 0 Å². The van der Waals surface area contributed by atoms with Crippen molar-refractivity contribution in [2.24, 2.45) is 11.8 Å². The smallest absolute Gasteiger partial charge is 0.0249 e. The zero-order chi connectivity index (χ0) is 13.1. The molecule has 0 aromatic heterocycles. The summed E-state index contributed by atoms with van der Waals surface area (Å²) in [7, 11) is 0. The highest BCUT2D eigenvalue weighted by atomic mass is 15.3. The van der Waals surface area contributed by atoms with E-state index in [9.17, 15) is 0 Å². The molecular weight excluding hydrogens is 220 g/mol. The van der Waals surface area contributed by atoms with Gasteiger partial charge in [0.25, 0.3) is 0 Å². The van der Waals surface area contributed by atoms with E-state index >= 15 is 0 Å². The SMILES string of the molecule is CCCC(C)N1CC(C2CC2)NCC1C(C)CC. The molecule has 1 heterocycles. The van der Waals surface area contributed by atoms with E-state index in [2.05, 4.69) is 37.9 Å². The lowest BCUT2D eigenvalue weighted by Gasteiger charge is -2.46. The average Bonchev–Trinajstić information content (AvgIpc) is 3.21. The van der Waals surface area contributed by atoms with Crippen LogP contribution in [0.25, 0.3) is 0 Å². The molecule has 1 N–H and O–H groups in total. The van der Waals surface area contributed by atoms with Crippen LogP contribution >= 0.6 is 0 Å². The Bertz CT molecular complexity index is 249. The molecule has 0 radical (unpaired) electrons. The van der Waals surface area contributed by atoms with Crippen molar-refractivity contribution in [3.63, 3.8) is 0 Å². The molecule has 1 saturated heterocycles.